The van der Waals surface area contributed by atoms with Crippen LogP contribution in [0, 0.1) is 25.2 Å². The fraction of sp³-hybridized carbons (Fsp3) is 0.536. The summed E-state index contributed by atoms with van der Waals surface area (Å²) in [6.45, 7) is 15.4. The number of hydrogen-bond acceptors (Lipinski definition) is 13. The number of halogens is 1. The molecule has 3 fully saturated rings. The van der Waals surface area contributed by atoms with Crippen LogP contribution < -0.4 is 20.9 Å². The van der Waals surface area contributed by atoms with Crippen molar-refractivity contribution in [3.8, 4) is 10.4 Å². The molecule has 0 radical (unpaired) electrons. The van der Waals surface area contributed by atoms with E-state index in [4.69, 9.17) is 11.6 Å². The molecule has 0 saturated carbocycles. The summed E-state index contributed by atoms with van der Waals surface area (Å²) >= 11 is 7.76. The summed E-state index contributed by atoms with van der Waals surface area (Å²) in [7, 11) is 0. The largest absolute Gasteiger partial charge is 0.391 e. The minimum absolute atomic E-state index is 0.0165. The number of aliphatic hydroxyl groups excluding tert-OH is 1. The number of aryl methyl sites for hydroxylation is 2. The second-order valence-corrected chi connectivity index (χ2v) is 22.7. The highest BCUT2D eigenvalue weighted by atomic mass is 35.5. The van der Waals surface area contributed by atoms with E-state index < -0.39 is 29.5 Å². The van der Waals surface area contributed by atoms with Gasteiger partial charge in [-0.3, -0.25) is 38.7 Å². The smallest absolute Gasteiger partial charge is 0.262 e. The van der Waals surface area contributed by atoms with E-state index >= 15 is 0 Å². The number of β-amino-alcohol motifs (C(OH)–C–C–N with tert-alkyl or cyclic N) is 1. The van der Waals surface area contributed by atoms with Crippen molar-refractivity contribution >= 4 is 70.3 Å². The quantitative estimate of drug-likeness (QED) is 0.0543. The molecule has 1 aromatic carbocycles. The molecule has 6 amide bonds. The Hall–Kier alpha value is -6.31. The number of unbranched alkanes of at least 4 members (excludes halogenated alkanes) is 2. The van der Waals surface area contributed by atoms with Crippen LogP contribution in [0.25, 0.3) is 16.5 Å². The number of hydrogen-bond donors (Lipinski definition) is 4. The molecule has 408 valence electrons. The first-order valence-electron chi connectivity index (χ1n) is 26.7. The van der Waals surface area contributed by atoms with Crippen molar-refractivity contribution < 1.29 is 33.9 Å². The van der Waals surface area contributed by atoms with Gasteiger partial charge in [-0.15, -0.1) is 11.3 Å². The van der Waals surface area contributed by atoms with E-state index in [1.54, 1.807) is 29.9 Å². The molecule has 7 rings (SSSR count). The van der Waals surface area contributed by atoms with E-state index in [9.17, 15) is 33.9 Å². The van der Waals surface area contributed by atoms with Gasteiger partial charge in [0.1, 0.15) is 22.9 Å². The zero-order chi connectivity index (χ0) is 54.5. The molecule has 4 aromatic rings. The number of nitrogens with one attached hydrogen (secondary N) is 3. The minimum Gasteiger partial charge on any atom is -0.391 e. The fourth-order valence-corrected chi connectivity index (χ4v) is 11.0. The van der Waals surface area contributed by atoms with Crippen LogP contribution >= 0.6 is 22.9 Å². The number of pyridine rings is 1. The molecule has 3 aliphatic rings. The predicted octanol–water partition coefficient (Wildman–Crippen LogP) is 6.61. The number of benzene rings is 1. The number of nitrogens with zero attached hydrogens (tertiary/aromatic N) is 8. The molecular weight excluding hydrogens is 1010 g/mol. The molecule has 3 aliphatic heterocycles. The monoisotopic (exact) mass is 1080 g/mol. The van der Waals surface area contributed by atoms with Crippen molar-refractivity contribution in [3.63, 3.8) is 0 Å². The lowest BCUT2D eigenvalue weighted by Gasteiger charge is -2.36. The Bertz CT molecular complexity index is 2680. The number of anilines is 1. The topological polar surface area (TPSA) is 223 Å². The maximum absolute atomic E-state index is 14.2. The number of piperazine rings is 1. The average Bonchev–Trinajstić information content (AvgIpc) is 4.03. The maximum atomic E-state index is 14.2. The second-order valence-electron chi connectivity index (χ2n) is 21.4. The number of carbonyl (C=O) groups is 6. The van der Waals surface area contributed by atoms with Crippen LogP contribution in [-0.4, -0.2) is 146 Å². The average molecular weight is 1080 g/mol. The van der Waals surface area contributed by atoms with Crippen LogP contribution in [-0.2, 0) is 24.0 Å². The number of likely N-dealkylation sites (tertiary alicyclic amines) is 2. The van der Waals surface area contributed by atoms with E-state index in [0.29, 0.717) is 75.8 Å². The van der Waals surface area contributed by atoms with E-state index in [1.165, 1.54) is 11.0 Å². The number of rotatable bonds is 20. The van der Waals surface area contributed by atoms with Crippen LogP contribution in [0.2, 0.25) is 0 Å². The lowest BCUT2D eigenvalue weighted by Crippen LogP contribution is -2.57. The summed E-state index contributed by atoms with van der Waals surface area (Å²) in [6.07, 6.45) is 11.6. The van der Waals surface area contributed by atoms with Gasteiger partial charge in [0.15, 0.2) is 0 Å². The Morgan fingerprint density at radius 3 is 2.24 bits per heavy atom. The zero-order valence-electron chi connectivity index (χ0n) is 44.7. The molecule has 20 heteroatoms. The van der Waals surface area contributed by atoms with Crippen LogP contribution in [0.1, 0.15) is 131 Å². The van der Waals surface area contributed by atoms with Crippen molar-refractivity contribution in [2.75, 3.05) is 57.3 Å². The Kier molecular flexibility index (Phi) is 20.1. The predicted molar refractivity (Wildman–Crippen MR) is 294 cm³/mol. The van der Waals surface area contributed by atoms with Gasteiger partial charge in [-0.05, 0) is 93.5 Å². The first kappa shape index (κ1) is 57.4. The highest BCUT2D eigenvalue weighted by molar-refractivity contribution is 7.13. The number of thiazole rings is 1. The standard InChI is InChI=1S/C56H74ClN11O7S/c1-36-31-58-33-43(62-36)29-45(57)52(72)59-22-10-9-11-39-20-23-67(24-21-39)54(74)42-18-19-47(60-32-42)65-25-27-66(28-26-65)49(71)13-8-7-12-48(70)64-51(56(4,5)6)55(75)68-34-44(69)30-46(68)53(73)63-37(2)40-14-16-41(17-15-40)50-38(3)61-35-76-50/h14-19,29,31-33,35,37,39,44,46,51,69H,7-13,20-28,30,34H2,1-6H3,(H,59,72)(H,63,73)(H,64,70)/b45-29-/t37-,44+,46-,51+/m0/s1. The molecule has 3 aromatic heterocycles. The molecule has 0 spiro atoms. The Morgan fingerprint density at radius 1 is 0.855 bits per heavy atom. The molecule has 0 unspecified atom stereocenters. The summed E-state index contributed by atoms with van der Waals surface area (Å²) in [6, 6.07) is 9.43. The van der Waals surface area contributed by atoms with Gasteiger partial charge in [0.25, 0.3) is 11.8 Å². The van der Waals surface area contributed by atoms with E-state index in [0.717, 1.165) is 65.3 Å². The lowest BCUT2D eigenvalue weighted by molar-refractivity contribution is -0.144. The zero-order valence-corrected chi connectivity index (χ0v) is 46.3. The molecule has 4 N–H and O–H groups in total. The van der Waals surface area contributed by atoms with Gasteiger partial charge in [-0.2, -0.15) is 0 Å². The number of aromatic nitrogens is 4. The van der Waals surface area contributed by atoms with Gasteiger partial charge in [-0.1, -0.05) is 69.5 Å². The number of aliphatic hydroxyl groups is 1. The third-order valence-corrected chi connectivity index (χ3v) is 15.8. The highest BCUT2D eigenvalue weighted by Gasteiger charge is 2.45. The Balaban J connectivity index is 0.771. The molecule has 4 atom stereocenters. The Labute approximate surface area is 455 Å². The molecule has 0 aliphatic carbocycles. The van der Waals surface area contributed by atoms with Crippen LogP contribution in [0.3, 0.4) is 0 Å². The number of piperidine rings is 1. The van der Waals surface area contributed by atoms with Gasteiger partial charge in [-0.25, -0.2) is 9.97 Å². The van der Waals surface area contributed by atoms with Gasteiger partial charge in [0.2, 0.25) is 23.6 Å². The fourth-order valence-electron chi connectivity index (χ4n) is 10.1. The molecule has 76 heavy (non-hydrogen) atoms. The summed E-state index contributed by atoms with van der Waals surface area (Å²) in [5.74, 6) is -0.183. The normalized spacial score (nSPS) is 18.3. The van der Waals surface area contributed by atoms with Crippen molar-refractivity contribution in [1.29, 1.82) is 0 Å². The van der Waals surface area contributed by atoms with E-state index in [1.807, 2.05) is 93.3 Å². The number of amides is 6. The van der Waals surface area contributed by atoms with Gasteiger partial charge in [0.05, 0.1) is 51.4 Å². The first-order chi connectivity index (χ1) is 36.3. The summed E-state index contributed by atoms with van der Waals surface area (Å²) in [5, 5.41) is 19.6. The molecule has 6 heterocycles. The summed E-state index contributed by atoms with van der Waals surface area (Å²) in [5.41, 5.74) is 5.85. The van der Waals surface area contributed by atoms with Gasteiger partial charge in [0, 0.05) is 84.0 Å². The van der Waals surface area contributed by atoms with Crippen molar-refractivity contribution in [1.82, 2.24) is 50.6 Å². The van der Waals surface area contributed by atoms with Gasteiger partial charge < -0.3 is 40.7 Å². The third kappa shape index (κ3) is 15.7. The van der Waals surface area contributed by atoms with Crippen molar-refractivity contribution in [2.45, 2.75) is 130 Å². The highest BCUT2D eigenvalue weighted by Crippen LogP contribution is 2.30. The molecule has 18 nitrogen and oxygen atoms in total. The minimum atomic E-state index is -0.942. The Morgan fingerprint density at radius 2 is 1.58 bits per heavy atom. The van der Waals surface area contributed by atoms with Crippen LogP contribution in [0.15, 0.2) is 65.5 Å². The van der Waals surface area contributed by atoms with Crippen LogP contribution in [0.5, 0.6) is 0 Å². The van der Waals surface area contributed by atoms with Crippen molar-refractivity contribution in [2.24, 2.45) is 11.3 Å². The molecule has 0 bridgehead atoms. The van der Waals surface area contributed by atoms with Crippen molar-refractivity contribution in [3.05, 3.63) is 93.7 Å². The second kappa shape index (κ2) is 26.6. The van der Waals surface area contributed by atoms with Gasteiger partial charge >= 0.3 is 0 Å². The lowest BCUT2D eigenvalue weighted by atomic mass is 9.85. The number of carbonyl (C=O) groups excluding carboxylic acids is 6. The third-order valence-electron chi connectivity index (χ3n) is 14.5. The molecular formula is C56H74ClN11O7S. The summed E-state index contributed by atoms with van der Waals surface area (Å²) < 4.78 is 0. The first-order valence-corrected chi connectivity index (χ1v) is 27.9. The van der Waals surface area contributed by atoms with E-state index in [2.05, 4.69) is 40.8 Å². The van der Waals surface area contributed by atoms with Crippen LogP contribution in [0.4, 0.5) is 5.82 Å². The molecule has 3 saturated heterocycles. The van der Waals surface area contributed by atoms with E-state index in [-0.39, 0.29) is 66.4 Å². The maximum Gasteiger partial charge on any atom is 0.262 e. The SMILES string of the molecule is Cc1cncc(/C=C(\Cl)C(=O)NCCCCC2CCN(C(=O)c3ccc(N4CCN(C(=O)CCCCC(=O)N[C@H](C(=O)N5C[C@H](O)C[C@H]5C(=O)N[C@@H](C)c5ccc(-c6scnc6C)cc5)C(C)(C)C)CC4)nc3)CC2)n1. The summed E-state index contributed by atoms with van der Waals surface area (Å²) in [4.78, 5) is 106.